The number of rotatable bonds is 4. The zero-order valence-corrected chi connectivity index (χ0v) is 28.8. The van der Waals surface area contributed by atoms with Gasteiger partial charge in [0.25, 0.3) is 0 Å². The molecule has 7 heteroatoms. The molecule has 6 aromatic carbocycles. The lowest BCUT2D eigenvalue weighted by Gasteiger charge is -2.15. The minimum absolute atomic E-state index is 0.573. The van der Waals surface area contributed by atoms with Crippen LogP contribution in [0.15, 0.2) is 118 Å². The number of thiazole rings is 1. The van der Waals surface area contributed by atoms with Crippen molar-refractivity contribution in [2.45, 2.75) is 19.6 Å². The third-order valence-corrected chi connectivity index (χ3v) is 12.4. The largest absolute Gasteiger partial charge is 0.456 e. The van der Waals surface area contributed by atoms with Gasteiger partial charge >= 0.3 is 0 Å². The summed E-state index contributed by atoms with van der Waals surface area (Å²) in [6.07, 6.45) is 0. The summed E-state index contributed by atoms with van der Waals surface area (Å²) in [5.74, 6) is 0. The summed E-state index contributed by atoms with van der Waals surface area (Å²) < 4.78 is 13.7. The van der Waals surface area contributed by atoms with Crippen molar-refractivity contribution < 1.29 is 8.83 Å². The number of nitriles is 2. The minimum atomic E-state index is -1.48. The third kappa shape index (κ3) is 4.91. The number of furan rings is 2. The van der Waals surface area contributed by atoms with E-state index in [0.717, 1.165) is 71.1 Å². The molecule has 0 N–H and O–H groups in total. The van der Waals surface area contributed by atoms with Crippen molar-refractivity contribution in [2.75, 3.05) is 0 Å². The SMILES string of the molecule is C[Si](C)(C)c1ccc2nc(-c3cc(-c4ccc5c(c4)oc4cc(C#N)ccc45)cc(-c4ccc5c(c4)oc4cc(C#N)ccc45)c3)sc2c1. The summed E-state index contributed by atoms with van der Waals surface area (Å²) in [4.78, 5) is 5.11. The third-order valence-electron chi connectivity index (χ3n) is 9.31. The van der Waals surface area contributed by atoms with Crippen LogP contribution in [0.5, 0.6) is 0 Å². The molecule has 0 radical (unpaired) electrons. The van der Waals surface area contributed by atoms with Crippen molar-refractivity contribution >= 4 is 78.7 Å². The van der Waals surface area contributed by atoms with E-state index in [9.17, 15) is 10.5 Å². The van der Waals surface area contributed by atoms with E-state index in [4.69, 9.17) is 13.8 Å². The summed E-state index contributed by atoms with van der Waals surface area (Å²) >= 11 is 1.73. The Labute approximate surface area is 286 Å². The van der Waals surface area contributed by atoms with E-state index >= 15 is 0 Å². The van der Waals surface area contributed by atoms with Gasteiger partial charge in [-0.15, -0.1) is 11.3 Å². The Morgan fingerprint density at radius 2 is 1.02 bits per heavy atom. The molecule has 0 atom stereocenters. The highest BCUT2D eigenvalue weighted by molar-refractivity contribution is 7.21. The number of benzene rings is 6. The van der Waals surface area contributed by atoms with Crippen LogP contribution in [0.3, 0.4) is 0 Å². The molecule has 0 fully saturated rings. The predicted molar refractivity (Wildman–Crippen MR) is 203 cm³/mol. The van der Waals surface area contributed by atoms with Gasteiger partial charge in [0.15, 0.2) is 0 Å². The highest BCUT2D eigenvalue weighted by Crippen LogP contribution is 2.40. The van der Waals surface area contributed by atoms with E-state index < -0.39 is 8.07 Å². The van der Waals surface area contributed by atoms with Crippen LogP contribution in [0.25, 0.3) is 86.9 Å². The van der Waals surface area contributed by atoms with Crippen LogP contribution in [-0.4, -0.2) is 13.1 Å². The van der Waals surface area contributed by atoms with Crippen LogP contribution in [0.1, 0.15) is 11.1 Å². The molecule has 0 bridgehead atoms. The molecule has 0 amide bonds. The second-order valence-electron chi connectivity index (χ2n) is 13.5. The van der Waals surface area contributed by atoms with E-state index in [2.05, 4.69) is 105 Å². The summed E-state index contributed by atoms with van der Waals surface area (Å²) in [5, 5.41) is 25.2. The maximum atomic E-state index is 9.40. The molecule has 0 spiro atoms. The van der Waals surface area contributed by atoms with Crippen LogP contribution in [-0.2, 0) is 0 Å². The van der Waals surface area contributed by atoms with Crippen molar-refractivity contribution in [3.8, 4) is 45.0 Å². The fraction of sp³-hybridized carbons (Fsp3) is 0.0714. The van der Waals surface area contributed by atoms with Crippen molar-refractivity contribution in [2.24, 2.45) is 0 Å². The lowest BCUT2D eigenvalue weighted by atomic mass is 9.95. The van der Waals surface area contributed by atoms with Crippen molar-refractivity contribution in [1.29, 1.82) is 10.5 Å². The second kappa shape index (κ2) is 10.8. The van der Waals surface area contributed by atoms with Gasteiger partial charge in [0, 0.05) is 27.1 Å². The van der Waals surface area contributed by atoms with Crippen molar-refractivity contribution in [3.05, 3.63) is 120 Å². The van der Waals surface area contributed by atoms with Gasteiger partial charge in [0.05, 0.1) is 41.6 Å². The topological polar surface area (TPSA) is 86.8 Å². The van der Waals surface area contributed by atoms with E-state index in [-0.39, 0.29) is 0 Å². The zero-order chi connectivity index (χ0) is 33.4. The Bertz CT molecular complexity index is 2760. The minimum Gasteiger partial charge on any atom is -0.456 e. The quantitative estimate of drug-likeness (QED) is 0.175. The summed E-state index contributed by atoms with van der Waals surface area (Å²) in [6, 6.07) is 41.5. The lowest BCUT2D eigenvalue weighted by molar-refractivity contribution is 0.668. The molecule has 9 rings (SSSR count). The first-order chi connectivity index (χ1) is 23.7. The molecule has 5 nitrogen and oxygen atoms in total. The van der Waals surface area contributed by atoms with E-state index in [1.165, 1.54) is 9.89 Å². The number of fused-ring (bicyclic) bond motifs is 7. The molecule has 232 valence electrons. The predicted octanol–water partition coefficient (Wildman–Crippen LogP) is 11.4. The van der Waals surface area contributed by atoms with Gasteiger partial charge in [-0.05, 0) is 113 Å². The number of nitrogens with zero attached hydrogens (tertiary/aromatic N) is 3. The van der Waals surface area contributed by atoms with Crippen molar-refractivity contribution in [3.63, 3.8) is 0 Å². The first kappa shape index (κ1) is 29.2. The van der Waals surface area contributed by atoms with Gasteiger partial charge in [-0.1, -0.05) is 43.0 Å². The Balaban J connectivity index is 1.23. The van der Waals surface area contributed by atoms with Crippen LogP contribution in [0.2, 0.25) is 19.6 Å². The van der Waals surface area contributed by atoms with Gasteiger partial charge in [-0.3, -0.25) is 0 Å². The molecule has 3 heterocycles. The molecule has 0 aliphatic heterocycles. The first-order valence-corrected chi connectivity index (χ1v) is 20.4. The molecule has 0 unspecified atom stereocenters. The van der Waals surface area contributed by atoms with Crippen molar-refractivity contribution in [1.82, 2.24) is 4.98 Å². The van der Waals surface area contributed by atoms with E-state index in [1.807, 2.05) is 24.3 Å². The van der Waals surface area contributed by atoms with Gasteiger partial charge in [-0.25, -0.2) is 4.98 Å². The van der Waals surface area contributed by atoms with E-state index in [1.54, 1.807) is 23.5 Å². The maximum Gasteiger partial charge on any atom is 0.136 e. The Morgan fingerprint density at radius 1 is 0.531 bits per heavy atom. The Morgan fingerprint density at radius 3 is 1.53 bits per heavy atom. The average molecular weight is 666 g/mol. The average Bonchev–Trinajstić information content (AvgIpc) is 3.82. The summed E-state index contributed by atoms with van der Waals surface area (Å²) in [5.41, 5.74) is 10.3. The molecular formula is C42H27N3O2SSi. The van der Waals surface area contributed by atoms with Crippen LogP contribution in [0, 0.1) is 22.7 Å². The molecule has 0 aliphatic rings. The summed E-state index contributed by atoms with van der Waals surface area (Å²) in [6.45, 7) is 7.11. The number of hydrogen-bond acceptors (Lipinski definition) is 6. The Kier molecular flexibility index (Phi) is 6.41. The highest BCUT2D eigenvalue weighted by Gasteiger charge is 2.19. The standard InChI is InChI=1S/C42H27N3O2SSi/c1-49(2,3)31-8-13-36-41(21-31)48-42(45-36)30-17-28(26-6-11-34-32-9-4-24(22-43)14-37(32)46-39(34)19-26)16-29(18-30)27-7-12-35-33-10-5-25(23-44)15-38(33)47-40(35)20-27/h4-21H,1-3H3. The first-order valence-electron chi connectivity index (χ1n) is 16.0. The maximum absolute atomic E-state index is 9.40. The second-order valence-corrected chi connectivity index (χ2v) is 19.6. The van der Waals surface area contributed by atoms with Crippen LogP contribution < -0.4 is 5.19 Å². The fourth-order valence-electron chi connectivity index (χ4n) is 6.65. The van der Waals surface area contributed by atoms with Gasteiger partial charge < -0.3 is 8.83 Å². The van der Waals surface area contributed by atoms with Gasteiger partial charge in [-0.2, -0.15) is 10.5 Å². The summed E-state index contributed by atoms with van der Waals surface area (Å²) in [7, 11) is -1.48. The van der Waals surface area contributed by atoms with Crippen LogP contribution >= 0.6 is 11.3 Å². The molecule has 49 heavy (non-hydrogen) atoms. The molecule has 0 saturated heterocycles. The monoisotopic (exact) mass is 665 g/mol. The van der Waals surface area contributed by atoms with Gasteiger partial charge in [0.2, 0.25) is 0 Å². The fourth-order valence-corrected chi connectivity index (χ4v) is 8.91. The smallest absolute Gasteiger partial charge is 0.136 e. The lowest BCUT2D eigenvalue weighted by Crippen LogP contribution is -2.37. The Hall–Kier alpha value is -5.99. The molecule has 9 aromatic rings. The normalized spacial score (nSPS) is 11.9. The molecule has 0 saturated carbocycles. The number of aromatic nitrogens is 1. The van der Waals surface area contributed by atoms with Gasteiger partial charge in [0.1, 0.15) is 27.3 Å². The van der Waals surface area contributed by atoms with Crippen LogP contribution in [0.4, 0.5) is 0 Å². The molecule has 0 aliphatic carbocycles. The van der Waals surface area contributed by atoms with E-state index in [0.29, 0.717) is 22.3 Å². The zero-order valence-electron chi connectivity index (χ0n) is 27.0. The molecule has 3 aromatic heterocycles. The molecular weight excluding hydrogens is 639 g/mol. The highest BCUT2D eigenvalue weighted by atomic mass is 32.1. The number of hydrogen-bond donors (Lipinski definition) is 0.